The van der Waals surface area contributed by atoms with Gasteiger partial charge in [-0.25, -0.2) is 13.6 Å². The Labute approximate surface area is 119 Å². The van der Waals surface area contributed by atoms with Gasteiger partial charge in [0.25, 0.3) is 10.0 Å². The average Bonchev–Trinajstić information content (AvgIpc) is 2.73. The number of hydrogen-bond donors (Lipinski definition) is 3. The topological polar surface area (TPSA) is 106 Å². The lowest BCUT2D eigenvalue weighted by Crippen LogP contribution is -2.39. The third-order valence-corrected chi connectivity index (χ3v) is 4.49. The third kappa shape index (κ3) is 4.31. The SMILES string of the molecule is NS(=O)(=O)c1ccc(CNCC2(O)CCCCCC2)o1. The molecule has 20 heavy (non-hydrogen) atoms. The van der Waals surface area contributed by atoms with E-state index >= 15 is 0 Å². The minimum atomic E-state index is -3.79. The summed E-state index contributed by atoms with van der Waals surface area (Å²) in [5.41, 5.74) is -0.661. The maximum absolute atomic E-state index is 11.1. The van der Waals surface area contributed by atoms with E-state index in [4.69, 9.17) is 9.56 Å². The number of furan rings is 1. The fraction of sp³-hybridized carbons (Fsp3) is 0.692. The van der Waals surface area contributed by atoms with E-state index in [0.29, 0.717) is 18.8 Å². The van der Waals surface area contributed by atoms with E-state index in [-0.39, 0.29) is 5.09 Å². The van der Waals surface area contributed by atoms with Crippen molar-refractivity contribution in [2.24, 2.45) is 5.14 Å². The van der Waals surface area contributed by atoms with Crippen LogP contribution in [0.15, 0.2) is 21.6 Å². The molecule has 0 amide bonds. The van der Waals surface area contributed by atoms with E-state index in [0.717, 1.165) is 25.7 Å². The summed E-state index contributed by atoms with van der Waals surface area (Å²) >= 11 is 0. The Bertz CT molecular complexity index is 530. The Kier molecular flexibility index (Phi) is 4.85. The molecule has 0 saturated heterocycles. The van der Waals surface area contributed by atoms with Gasteiger partial charge in [-0.05, 0) is 25.0 Å². The number of nitrogens with one attached hydrogen (secondary N) is 1. The molecule has 0 aliphatic heterocycles. The van der Waals surface area contributed by atoms with E-state index in [1.54, 1.807) is 6.07 Å². The predicted octanol–water partition coefficient (Wildman–Crippen LogP) is 1.10. The van der Waals surface area contributed by atoms with Crippen molar-refractivity contribution in [2.75, 3.05) is 6.54 Å². The molecule has 7 heteroatoms. The first-order valence-corrected chi connectivity index (χ1v) is 8.48. The minimum Gasteiger partial charge on any atom is -0.447 e. The largest absolute Gasteiger partial charge is 0.447 e. The summed E-state index contributed by atoms with van der Waals surface area (Å²) in [6.07, 6.45) is 6.07. The second-order valence-electron chi connectivity index (χ2n) is 5.51. The number of nitrogens with two attached hydrogens (primary N) is 1. The van der Waals surface area contributed by atoms with Gasteiger partial charge in [-0.15, -0.1) is 0 Å². The van der Waals surface area contributed by atoms with Crippen molar-refractivity contribution in [1.82, 2.24) is 5.32 Å². The summed E-state index contributed by atoms with van der Waals surface area (Å²) in [6.45, 7) is 0.857. The zero-order chi connectivity index (χ0) is 14.6. The average molecular weight is 302 g/mol. The first-order valence-electron chi connectivity index (χ1n) is 6.94. The van der Waals surface area contributed by atoms with Gasteiger partial charge in [0, 0.05) is 6.54 Å². The summed E-state index contributed by atoms with van der Waals surface area (Å²) < 4.78 is 27.3. The highest BCUT2D eigenvalue weighted by Gasteiger charge is 2.27. The maximum Gasteiger partial charge on any atom is 0.271 e. The van der Waals surface area contributed by atoms with Crippen LogP contribution in [0.3, 0.4) is 0 Å². The van der Waals surface area contributed by atoms with Gasteiger partial charge in [-0.1, -0.05) is 25.7 Å². The zero-order valence-electron chi connectivity index (χ0n) is 11.5. The van der Waals surface area contributed by atoms with Crippen molar-refractivity contribution in [3.63, 3.8) is 0 Å². The van der Waals surface area contributed by atoms with Crippen molar-refractivity contribution in [2.45, 2.75) is 55.8 Å². The van der Waals surface area contributed by atoms with Crippen LogP contribution < -0.4 is 10.5 Å². The van der Waals surface area contributed by atoms with Gasteiger partial charge in [-0.2, -0.15) is 0 Å². The third-order valence-electron chi connectivity index (χ3n) is 3.70. The fourth-order valence-corrected chi connectivity index (χ4v) is 3.07. The molecule has 1 heterocycles. The smallest absolute Gasteiger partial charge is 0.271 e. The molecule has 0 atom stereocenters. The Morgan fingerprint density at radius 1 is 1.25 bits per heavy atom. The van der Waals surface area contributed by atoms with Gasteiger partial charge in [0.15, 0.2) is 0 Å². The van der Waals surface area contributed by atoms with Crippen LogP contribution in [-0.4, -0.2) is 25.7 Å². The quantitative estimate of drug-likeness (QED) is 0.706. The van der Waals surface area contributed by atoms with E-state index in [9.17, 15) is 13.5 Å². The summed E-state index contributed by atoms with van der Waals surface area (Å²) in [5.74, 6) is 0.492. The molecule has 0 unspecified atom stereocenters. The molecular formula is C13H22N2O4S. The monoisotopic (exact) mass is 302 g/mol. The summed E-state index contributed by atoms with van der Waals surface area (Å²) in [4.78, 5) is 0. The molecule has 0 radical (unpaired) electrons. The lowest BCUT2D eigenvalue weighted by atomic mass is 9.94. The Hall–Kier alpha value is -0.890. The predicted molar refractivity (Wildman–Crippen MR) is 74.4 cm³/mol. The Balaban J connectivity index is 1.85. The van der Waals surface area contributed by atoms with Crippen LogP contribution in [0.4, 0.5) is 0 Å². The van der Waals surface area contributed by atoms with Gasteiger partial charge in [-0.3, -0.25) is 0 Å². The zero-order valence-corrected chi connectivity index (χ0v) is 12.3. The molecular weight excluding hydrogens is 280 g/mol. The van der Waals surface area contributed by atoms with Crippen molar-refractivity contribution in [3.8, 4) is 0 Å². The number of aliphatic hydroxyl groups is 1. The molecule has 1 aliphatic rings. The summed E-state index contributed by atoms with van der Waals surface area (Å²) in [6, 6.07) is 2.91. The lowest BCUT2D eigenvalue weighted by molar-refractivity contribution is 0.0246. The van der Waals surface area contributed by atoms with Crippen molar-refractivity contribution in [3.05, 3.63) is 17.9 Å². The van der Waals surface area contributed by atoms with E-state index < -0.39 is 15.6 Å². The van der Waals surface area contributed by atoms with E-state index in [1.807, 2.05) is 0 Å². The standard InChI is InChI=1S/C13H22N2O4S/c14-20(17,18)12-6-5-11(19-12)9-15-10-13(16)7-3-1-2-4-8-13/h5-6,15-16H,1-4,7-10H2,(H2,14,17,18). The van der Waals surface area contributed by atoms with Crippen LogP contribution >= 0.6 is 0 Å². The van der Waals surface area contributed by atoms with E-state index in [1.165, 1.54) is 18.9 Å². The maximum atomic E-state index is 11.1. The van der Waals surface area contributed by atoms with Gasteiger partial charge < -0.3 is 14.8 Å². The molecule has 4 N–H and O–H groups in total. The molecule has 1 aliphatic carbocycles. The Morgan fingerprint density at radius 2 is 1.90 bits per heavy atom. The highest BCUT2D eigenvalue weighted by molar-refractivity contribution is 7.89. The van der Waals surface area contributed by atoms with Crippen LogP contribution in [0.25, 0.3) is 0 Å². The van der Waals surface area contributed by atoms with Gasteiger partial charge >= 0.3 is 0 Å². The Morgan fingerprint density at radius 3 is 2.45 bits per heavy atom. The second-order valence-corrected chi connectivity index (χ2v) is 7.00. The van der Waals surface area contributed by atoms with Crippen molar-refractivity contribution >= 4 is 10.0 Å². The number of primary sulfonamides is 1. The molecule has 0 spiro atoms. The number of rotatable bonds is 5. The molecule has 2 rings (SSSR count). The molecule has 0 aromatic carbocycles. The normalized spacial score (nSPS) is 19.7. The van der Waals surface area contributed by atoms with Crippen LogP contribution in [-0.2, 0) is 16.6 Å². The fourth-order valence-electron chi connectivity index (χ4n) is 2.59. The molecule has 114 valence electrons. The second kappa shape index (κ2) is 6.26. The molecule has 1 fully saturated rings. The van der Waals surface area contributed by atoms with E-state index in [2.05, 4.69) is 5.32 Å². The minimum absolute atomic E-state index is 0.234. The summed E-state index contributed by atoms with van der Waals surface area (Å²) in [5, 5.41) is 18.3. The molecule has 1 aromatic heterocycles. The van der Waals surface area contributed by atoms with Gasteiger partial charge in [0.05, 0.1) is 12.1 Å². The molecule has 0 bridgehead atoms. The van der Waals surface area contributed by atoms with Crippen LogP contribution in [0, 0.1) is 0 Å². The summed E-state index contributed by atoms with van der Waals surface area (Å²) in [7, 11) is -3.79. The number of sulfonamides is 1. The highest BCUT2D eigenvalue weighted by Crippen LogP contribution is 2.26. The first kappa shape index (κ1) is 15.5. The van der Waals surface area contributed by atoms with Crippen LogP contribution in [0.2, 0.25) is 0 Å². The van der Waals surface area contributed by atoms with Crippen molar-refractivity contribution < 1.29 is 17.9 Å². The molecule has 1 saturated carbocycles. The van der Waals surface area contributed by atoms with Crippen LogP contribution in [0.5, 0.6) is 0 Å². The number of hydrogen-bond acceptors (Lipinski definition) is 5. The lowest BCUT2D eigenvalue weighted by Gasteiger charge is -2.26. The first-order chi connectivity index (χ1) is 9.39. The van der Waals surface area contributed by atoms with Gasteiger partial charge in [0.1, 0.15) is 5.76 Å². The van der Waals surface area contributed by atoms with Crippen molar-refractivity contribution in [1.29, 1.82) is 0 Å². The molecule has 6 nitrogen and oxygen atoms in total. The van der Waals surface area contributed by atoms with Gasteiger partial charge in [0.2, 0.25) is 5.09 Å². The molecule has 1 aromatic rings. The van der Waals surface area contributed by atoms with Crippen LogP contribution in [0.1, 0.15) is 44.3 Å². The highest BCUT2D eigenvalue weighted by atomic mass is 32.2.